The second kappa shape index (κ2) is 11.0. The van der Waals surface area contributed by atoms with E-state index in [-0.39, 0.29) is 1.43 Å². The monoisotopic (exact) mass is 233 g/mol. The zero-order chi connectivity index (χ0) is 12.9. The quantitative estimate of drug-likeness (QED) is 0.698. The lowest BCUT2D eigenvalue weighted by Crippen LogP contribution is -1.98. The van der Waals surface area contributed by atoms with Gasteiger partial charge in [-0.15, -0.1) is 0 Å². The molecule has 17 heavy (non-hydrogen) atoms. The molecule has 1 aromatic carbocycles. The van der Waals surface area contributed by atoms with Gasteiger partial charge in [0.25, 0.3) is 0 Å². The van der Waals surface area contributed by atoms with E-state index in [2.05, 4.69) is 35.7 Å². The Bertz CT molecular complexity index is 328. The van der Waals surface area contributed by atoms with E-state index in [0.717, 1.165) is 12.1 Å². The van der Waals surface area contributed by atoms with Gasteiger partial charge in [-0.05, 0) is 31.1 Å². The number of allylic oxidation sites excluding steroid dienone is 3. The summed E-state index contributed by atoms with van der Waals surface area (Å²) in [7, 11) is 0. The van der Waals surface area contributed by atoms with Gasteiger partial charge < -0.3 is 5.32 Å². The van der Waals surface area contributed by atoms with Crippen LogP contribution in [0, 0.1) is 0 Å². The van der Waals surface area contributed by atoms with Crippen molar-refractivity contribution in [3.63, 3.8) is 0 Å². The van der Waals surface area contributed by atoms with E-state index in [1.807, 2.05) is 45.9 Å². The van der Waals surface area contributed by atoms with Crippen LogP contribution < -0.4 is 5.32 Å². The van der Waals surface area contributed by atoms with Gasteiger partial charge in [-0.1, -0.05) is 58.0 Å². The number of anilines is 1. The predicted molar refractivity (Wildman–Crippen MR) is 81.3 cm³/mol. The highest BCUT2D eigenvalue weighted by Crippen LogP contribution is 2.14. The van der Waals surface area contributed by atoms with Gasteiger partial charge in [-0.25, -0.2) is 0 Å². The Balaban J connectivity index is 0. The number of nitrogens with one attached hydrogen (secondary N) is 1. The van der Waals surface area contributed by atoms with Crippen LogP contribution in [0.25, 0.3) is 0 Å². The fourth-order valence-electron chi connectivity index (χ4n) is 1.39. The molecule has 0 bridgehead atoms. The van der Waals surface area contributed by atoms with Gasteiger partial charge >= 0.3 is 0 Å². The molecule has 2 rings (SSSR count). The first-order valence-corrected chi connectivity index (χ1v) is 6.64. The molecule has 0 aliphatic heterocycles. The third-order valence-electron chi connectivity index (χ3n) is 2.06. The highest BCUT2D eigenvalue weighted by atomic mass is 14.9. The molecule has 0 saturated heterocycles. The van der Waals surface area contributed by atoms with Crippen LogP contribution in [-0.2, 0) is 0 Å². The van der Waals surface area contributed by atoms with E-state index in [4.69, 9.17) is 0 Å². The Hall–Kier alpha value is -1.50. The smallest absolute Gasteiger partial charge is 0.0384 e. The third-order valence-corrected chi connectivity index (χ3v) is 2.06. The van der Waals surface area contributed by atoms with Crippen LogP contribution in [0.3, 0.4) is 0 Å². The lowest BCUT2D eigenvalue weighted by atomic mass is 10.1. The van der Waals surface area contributed by atoms with E-state index in [1.165, 1.54) is 12.1 Å². The SMILES string of the molecule is C1=CC(Nc2ccccc2)=CCC1.CC.CC.[HH]. The molecular weight excluding hydrogens is 206 g/mol. The first-order chi connectivity index (χ1) is 8.45. The number of rotatable bonds is 2. The average Bonchev–Trinajstić information content (AvgIpc) is 2.45. The van der Waals surface area contributed by atoms with E-state index in [9.17, 15) is 0 Å². The summed E-state index contributed by atoms with van der Waals surface area (Å²) in [6.07, 6.45) is 8.88. The van der Waals surface area contributed by atoms with Crippen LogP contribution in [0.15, 0.2) is 54.3 Å². The molecule has 96 valence electrons. The molecule has 0 aromatic heterocycles. The second-order valence-corrected chi connectivity index (χ2v) is 3.13. The first-order valence-electron chi connectivity index (χ1n) is 6.64. The fourth-order valence-corrected chi connectivity index (χ4v) is 1.39. The second-order valence-electron chi connectivity index (χ2n) is 3.13. The highest BCUT2D eigenvalue weighted by molar-refractivity contribution is 5.50. The van der Waals surface area contributed by atoms with Gasteiger partial charge in [0.2, 0.25) is 0 Å². The minimum Gasteiger partial charge on any atom is -0.356 e. The fraction of sp³-hybridized carbons (Fsp3) is 0.375. The molecule has 1 heteroatoms. The average molecular weight is 233 g/mol. The summed E-state index contributed by atoms with van der Waals surface area (Å²) in [6.45, 7) is 8.00. The predicted octanol–water partition coefficient (Wildman–Crippen LogP) is 5.63. The zero-order valence-electron chi connectivity index (χ0n) is 11.5. The molecule has 1 aromatic rings. The maximum atomic E-state index is 3.36. The van der Waals surface area contributed by atoms with Gasteiger partial charge in [0.15, 0.2) is 0 Å². The summed E-state index contributed by atoms with van der Waals surface area (Å²) in [5.41, 5.74) is 2.36. The molecule has 0 unspecified atom stereocenters. The third kappa shape index (κ3) is 6.62. The molecule has 1 aliphatic rings. The summed E-state index contributed by atoms with van der Waals surface area (Å²) in [5, 5.41) is 3.36. The molecular formula is C16H27N. The van der Waals surface area contributed by atoms with Crippen LogP contribution in [0.1, 0.15) is 42.0 Å². The van der Waals surface area contributed by atoms with Crippen molar-refractivity contribution in [2.24, 2.45) is 0 Å². The molecule has 0 atom stereocenters. The molecule has 1 nitrogen and oxygen atoms in total. The zero-order valence-corrected chi connectivity index (χ0v) is 11.5. The Morgan fingerprint density at radius 3 is 2.12 bits per heavy atom. The summed E-state index contributed by atoms with van der Waals surface area (Å²) < 4.78 is 0. The largest absolute Gasteiger partial charge is 0.356 e. The number of hydrogen-bond acceptors (Lipinski definition) is 1. The van der Waals surface area contributed by atoms with E-state index in [0.29, 0.717) is 0 Å². The molecule has 1 aliphatic carbocycles. The van der Waals surface area contributed by atoms with Crippen LogP contribution in [0.4, 0.5) is 5.69 Å². The van der Waals surface area contributed by atoms with Crippen molar-refractivity contribution in [2.45, 2.75) is 40.5 Å². The minimum absolute atomic E-state index is 0. The Kier molecular flexibility index (Phi) is 10.0. The van der Waals surface area contributed by atoms with Crippen molar-refractivity contribution in [1.29, 1.82) is 0 Å². The molecule has 0 amide bonds. The standard InChI is InChI=1S/C12H13N.2C2H6.H2/c1-3-7-11(8-4-1)13-12-9-5-2-6-10-12;2*1-2;/h1,3-5,7-10,13H,2,6H2;2*1-2H3;1H. The van der Waals surface area contributed by atoms with E-state index < -0.39 is 0 Å². The molecule has 1 N–H and O–H groups in total. The van der Waals surface area contributed by atoms with Crippen LogP contribution >= 0.6 is 0 Å². The van der Waals surface area contributed by atoms with Gasteiger partial charge in [0, 0.05) is 12.8 Å². The van der Waals surface area contributed by atoms with Gasteiger partial charge in [-0.2, -0.15) is 0 Å². The summed E-state index contributed by atoms with van der Waals surface area (Å²) in [4.78, 5) is 0. The van der Waals surface area contributed by atoms with Crippen molar-refractivity contribution < 1.29 is 1.43 Å². The number of hydrogen-bond donors (Lipinski definition) is 1. The van der Waals surface area contributed by atoms with Crippen LogP contribution in [0.2, 0.25) is 0 Å². The summed E-state index contributed by atoms with van der Waals surface area (Å²) >= 11 is 0. The summed E-state index contributed by atoms with van der Waals surface area (Å²) in [5.74, 6) is 0. The lowest BCUT2D eigenvalue weighted by molar-refractivity contribution is 1.02. The Labute approximate surface area is 108 Å². The topological polar surface area (TPSA) is 12.0 Å². The molecule has 0 spiro atoms. The van der Waals surface area contributed by atoms with Crippen molar-refractivity contribution in [3.05, 3.63) is 54.3 Å². The minimum atomic E-state index is 0. The van der Waals surface area contributed by atoms with Crippen molar-refractivity contribution in [3.8, 4) is 0 Å². The first kappa shape index (κ1) is 15.5. The van der Waals surface area contributed by atoms with E-state index >= 15 is 0 Å². The Morgan fingerprint density at radius 2 is 1.59 bits per heavy atom. The molecule has 0 heterocycles. The maximum absolute atomic E-state index is 3.36. The lowest BCUT2D eigenvalue weighted by Gasteiger charge is -2.09. The normalized spacial score (nSPS) is 12.4. The molecule has 0 radical (unpaired) electrons. The molecule has 0 fully saturated rings. The van der Waals surface area contributed by atoms with Crippen molar-refractivity contribution in [2.75, 3.05) is 5.32 Å². The van der Waals surface area contributed by atoms with Gasteiger partial charge in [0.05, 0.1) is 0 Å². The Morgan fingerprint density at radius 1 is 0.941 bits per heavy atom. The van der Waals surface area contributed by atoms with Crippen molar-refractivity contribution in [1.82, 2.24) is 0 Å². The van der Waals surface area contributed by atoms with Crippen LogP contribution in [-0.4, -0.2) is 0 Å². The van der Waals surface area contributed by atoms with Crippen LogP contribution in [0.5, 0.6) is 0 Å². The summed E-state index contributed by atoms with van der Waals surface area (Å²) in [6, 6.07) is 10.2. The highest BCUT2D eigenvalue weighted by Gasteiger charge is 1.96. The van der Waals surface area contributed by atoms with Gasteiger partial charge in [0.1, 0.15) is 0 Å². The maximum Gasteiger partial charge on any atom is 0.0384 e. The van der Waals surface area contributed by atoms with E-state index in [1.54, 1.807) is 0 Å². The number of para-hydroxylation sites is 1. The number of benzene rings is 1. The van der Waals surface area contributed by atoms with Gasteiger partial charge in [-0.3, -0.25) is 0 Å². The molecule has 0 saturated carbocycles. The van der Waals surface area contributed by atoms with Crippen molar-refractivity contribution >= 4 is 5.69 Å².